The summed E-state index contributed by atoms with van der Waals surface area (Å²) < 4.78 is 5.06. The first-order chi connectivity index (χ1) is 9.26. The molecule has 1 aliphatic rings. The molecular weight excluding hydrogens is 244 g/mol. The lowest BCUT2D eigenvalue weighted by atomic mass is 9.97. The molecule has 1 N–H and O–H groups in total. The molecule has 0 aromatic carbocycles. The number of aliphatic hydroxyl groups excluding tert-OH is 1. The van der Waals surface area contributed by atoms with Gasteiger partial charge in [0, 0.05) is 25.9 Å². The number of ether oxygens (including phenoxy) is 1. The van der Waals surface area contributed by atoms with Crippen molar-refractivity contribution in [1.82, 2.24) is 4.98 Å². The number of pyridine rings is 1. The van der Waals surface area contributed by atoms with Gasteiger partial charge in [-0.15, -0.1) is 0 Å². The first kappa shape index (κ1) is 13.8. The Morgan fingerprint density at radius 2 is 2.26 bits per heavy atom. The van der Waals surface area contributed by atoms with E-state index in [9.17, 15) is 4.79 Å². The number of nitrogens with zero attached hydrogens (tertiary/aromatic N) is 2. The summed E-state index contributed by atoms with van der Waals surface area (Å²) in [6.07, 6.45) is 3.54. The number of aliphatic hydroxyl groups is 1. The monoisotopic (exact) mass is 264 g/mol. The molecule has 2 heterocycles. The molecule has 19 heavy (non-hydrogen) atoms. The summed E-state index contributed by atoms with van der Waals surface area (Å²) in [6, 6.07) is 3.49. The Morgan fingerprint density at radius 3 is 2.89 bits per heavy atom. The third-order valence-corrected chi connectivity index (χ3v) is 3.45. The molecule has 0 spiro atoms. The predicted octanol–water partition coefficient (Wildman–Crippen LogP) is 1.47. The van der Waals surface area contributed by atoms with Crippen LogP contribution in [0, 0.1) is 5.92 Å². The topological polar surface area (TPSA) is 62.7 Å². The third-order valence-electron chi connectivity index (χ3n) is 3.45. The summed E-state index contributed by atoms with van der Waals surface area (Å²) in [5.74, 6) is 0.734. The zero-order chi connectivity index (χ0) is 13.7. The molecule has 0 atom stereocenters. The van der Waals surface area contributed by atoms with Gasteiger partial charge >= 0.3 is 5.97 Å². The van der Waals surface area contributed by atoms with Crippen molar-refractivity contribution in [3.8, 4) is 0 Å². The number of aromatic nitrogens is 1. The van der Waals surface area contributed by atoms with Gasteiger partial charge in [0.1, 0.15) is 11.4 Å². The van der Waals surface area contributed by atoms with Gasteiger partial charge in [0.05, 0.1) is 6.61 Å². The van der Waals surface area contributed by atoms with Crippen molar-refractivity contribution in [1.29, 1.82) is 0 Å². The zero-order valence-corrected chi connectivity index (χ0v) is 11.2. The van der Waals surface area contributed by atoms with Gasteiger partial charge in [-0.05, 0) is 37.8 Å². The van der Waals surface area contributed by atoms with Crippen LogP contribution in [0.2, 0.25) is 0 Å². The summed E-state index contributed by atoms with van der Waals surface area (Å²) in [6.45, 7) is 4.02. The van der Waals surface area contributed by atoms with Gasteiger partial charge in [-0.3, -0.25) is 0 Å². The lowest BCUT2D eigenvalue weighted by Gasteiger charge is -2.32. The first-order valence-corrected chi connectivity index (χ1v) is 6.74. The van der Waals surface area contributed by atoms with Gasteiger partial charge in [-0.25, -0.2) is 9.78 Å². The Bertz CT molecular complexity index is 428. The number of rotatable bonds is 4. The van der Waals surface area contributed by atoms with Crippen LogP contribution in [0.15, 0.2) is 18.3 Å². The molecule has 1 saturated heterocycles. The highest BCUT2D eigenvalue weighted by atomic mass is 16.5. The van der Waals surface area contributed by atoms with E-state index in [-0.39, 0.29) is 12.6 Å². The smallest absolute Gasteiger partial charge is 0.341 e. The second kappa shape index (κ2) is 6.52. The first-order valence-electron chi connectivity index (χ1n) is 6.74. The minimum Gasteiger partial charge on any atom is -0.462 e. The number of carbonyl (C=O) groups is 1. The maximum absolute atomic E-state index is 11.9. The highest BCUT2D eigenvalue weighted by Crippen LogP contribution is 2.24. The fourth-order valence-corrected chi connectivity index (χ4v) is 2.34. The molecule has 0 aliphatic carbocycles. The van der Waals surface area contributed by atoms with E-state index in [2.05, 4.69) is 9.88 Å². The zero-order valence-electron chi connectivity index (χ0n) is 11.2. The molecule has 0 saturated carbocycles. The summed E-state index contributed by atoms with van der Waals surface area (Å²) >= 11 is 0. The van der Waals surface area contributed by atoms with Crippen molar-refractivity contribution in [3.05, 3.63) is 23.9 Å². The quantitative estimate of drug-likeness (QED) is 0.834. The van der Waals surface area contributed by atoms with Crippen LogP contribution in [-0.2, 0) is 4.74 Å². The lowest BCUT2D eigenvalue weighted by Crippen LogP contribution is -2.36. The molecule has 5 nitrogen and oxygen atoms in total. The van der Waals surface area contributed by atoms with E-state index in [0.717, 1.165) is 25.9 Å². The van der Waals surface area contributed by atoms with Crippen molar-refractivity contribution < 1.29 is 14.6 Å². The lowest BCUT2D eigenvalue weighted by molar-refractivity contribution is 0.0526. The molecule has 0 bridgehead atoms. The maximum Gasteiger partial charge on any atom is 0.341 e. The SMILES string of the molecule is CCOC(=O)c1cccnc1N1CCC(CO)CC1. The molecule has 104 valence electrons. The predicted molar refractivity (Wildman–Crippen MR) is 72.2 cm³/mol. The van der Waals surface area contributed by atoms with Crippen molar-refractivity contribution in [2.24, 2.45) is 5.92 Å². The van der Waals surface area contributed by atoms with Crippen molar-refractivity contribution >= 4 is 11.8 Å². The van der Waals surface area contributed by atoms with Gasteiger partial charge in [-0.2, -0.15) is 0 Å². The Morgan fingerprint density at radius 1 is 1.53 bits per heavy atom. The average molecular weight is 264 g/mol. The molecule has 0 unspecified atom stereocenters. The summed E-state index contributed by atoms with van der Waals surface area (Å²) in [7, 11) is 0. The van der Waals surface area contributed by atoms with Crippen LogP contribution in [0.3, 0.4) is 0 Å². The Balaban J connectivity index is 2.14. The molecular formula is C14H20N2O3. The molecule has 2 rings (SSSR count). The van der Waals surface area contributed by atoms with Crippen LogP contribution in [0.5, 0.6) is 0 Å². The van der Waals surface area contributed by atoms with E-state index in [0.29, 0.717) is 23.9 Å². The Hall–Kier alpha value is -1.62. The highest BCUT2D eigenvalue weighted by molar-refractivity contribution is 5.94. The normalized spacial score (nSPS) is 16.4. The molecule has 0 amide bonds. The summed E-state index contributed by atoms with van der Waals surface area (Å²) in [5, 5.41) is 9.15. The average Bonchev–Trinajstić information content (AvgIpc) is 2.47. The molecule has 1 aromatic rings. The van der Waals surface area contributed by atoms with Crippen LogP contribution in [-0.4, -0.2) is 42.4 Å². The molecule has 1 fully saturated rings. The van der Waals surface area contributed by atoms with Gasteiger partial charge in [0.25, 0.3) is 0 Å². The van der Waals surface area contributed by atoms with E-state index in [1.54, 1.807) is 25.3 Å². The number of carbonyl (C=O) groups excluding carboxylic acids is 1. The minimum atomic E-state index is -0.324. The molecule has 1 aromatic heterocycles. The van der Waals surface area contributed by atoms with Crippen molar-refractivity contribution in [2.45, 2.75) is 19.8 Å². The number of esters is 1. The second-order valence-electron chi connectivity index (χ2n) is 4.71. The minimum absolute atomic E-state index is 0.237. The molecule has 5 heteroatoms. The maximum atomic E-state index is 11.9. The van der Waals surface area contributed by atoms with Crippen LogP contribution < -0.4 is 4.90 Å². The van der Waals surface area contributed by atoms with E-state index in [4.69, 9.17) is 9.84 Å². The number of hydrogen-bond donors (Lipinski definition) is 1. The van der Waals surface area contributed by atoms with Gasteiger partial charge in [0.15, 0.2) is 0 Å². The highest BCUT2D eigenvalue weighted by Gasteiger charge is 2.23. The van der Waals surface area contributed by atoms with E-state index in [1.807, 2.05) is 0 Å². The van der Waals surface area contributed by atoms with E-state index in [1.165, 1.54) is 0 Å². The van der Waals surface area contributed by atoms with Crippen LogP contribution in [0.1, 0.15) is 30.1 Å². The van der Waals surface area contributed by atoms with E-state index >= 15 is 0 Å². The van der Waals surface area contributed by atoms with Crippen LogP contribution in [0.4, 0.5) is 5.82 Å². The fraction of sp³-hybridized carbons (Fsp3) is 0.571. The van der Waals surface area contributed by atoms with Gasteiger partial charge < -0.3 is 14.7 Å². The van der Waals surface area contributed by atoms with Crippen molar-refractivity contribution in [3.63, 3.8) is 0 Å². The van der Waals surface area contributed by atoms with Crippen LogP contribution in [0.25, 0.3) is 0 Å². The number of piperidine rings is 1. The van der Waals surface area contributed by atoms with Gasteiger partial charge in [-0.1, -0.05) is 0 Å². The van der Waals surface area contributed by atoms with Crippen LogP contribution >= 0.6 is 0 Å². The van der Waals surface area contributed by atoms with E-state index < -0.39 is 0 Å². The fourth-order valence-electron chi connectivity index (χ4n) is 2.34. The number of hydrogen-bond acceptors (Lipinski definition) is 5. The second-order valence-corrected chi connectivity index (χ2v) is 4.71. The molecule has 1 aliphatic heterocycles. The standard InChI is InChI=1S/C14H20N2O3/c1-2-19-14(18)12-4-3-7-15-13(12)16-8-5-11(10-17)6-9-16/h3-4,7,11,17H,2,5-6,8-10H2,1H3. The molecule has 0 radical (unpaired) electrons. The summed E-state index contributed by atoms with van der Waals surface area (Å²) in [4.78, 5) is 18.3. The Labute approximate surface area is 113 Å². The van der Waals surface area contributed by atoms with Gasteiger partial charge in [0.2, 0.25) is 0 Å². The van der Waals surface area contributed by atoms with Crippen molar-refractivity contribution in [2.75, 3.05) is 31.2 Å². The largest absolute Gasteiger partial charge is 0.462 e. The third kappa shape index (κ3) is 3.23. The Kier molecular flexibility index (Phi) is 4.74. The summed E-state index contributed by atoms with van der Waals surface area (Å²) in [5.41, 5.74) is 0.520. The number of anilines is 1.